The van der Waals surface area contributed by atoms with Crippen LogP contribution < -0.4 is 40.2 Å². The molecule has 5 atom stereocenters. The number of fused-ring (bicyclic) bond motifs is 1. The topological polar surface area (TPSA) is 176 Å². The zero-order chi connectivity index (χ0) is 17.6. The number of phosphoric ester groups is 1. The van der Waals surface area contributed by atoms with Gasteiger partial charge in [-0.25, -0.2) is 9.97 Å². The van der Waals surface area contributed by atoms with Gasteiger partial charge in [0.25, 0.3) is 7.82 Å². The molecule has 0 radical (unpaired) electrons. The van der Waals surface area contributed by atoms with Crippen molar-refractivity contribution in [3.63, 3.8) is 0 Å². The Labute approximate surface area is 177 Å². The smallest absolute Gasteiger partial charge is 0.756 e. The van der Waals surface area contributed by atoms with Crippen LogP contribution >= 0.6 is 30.4 Å². The number of phosphoric acid groups is 1. The third-order valence-corrected chi connectivity index (χ3v) is 4.90. The summed E-state index contributed by atoms with van der Waals surface area (Å²) in [7, 11) is -4.97. The molecular weight excluding hydrogens is 481 g/mol. The summed E-state index contributed by atoms with van der Waals surface area (Å²) in [6, 6.07) is 0. The van der Waals surface area contributed by atoms with Crippen LogP contribution in [-0.2, 0) is 13.8 Å². The van der Waals surface area contributed by atoms with E-state index in [2.05, 4.69) is 14.5 Å². The Kier molecular flexibility index (Phi) is 6.88. The number of nitrogens with zero attached hydrogens (tertiary/aromatic N) is 3. The van der Waals surface area contributed by atoms with Crippen molar-refractivity contribution in [2.24, 2.45) is 0 Å². The number of hydrogen-bond acceptors (Lipinski definition) is 9. The van der Waals surface area contributed by atoms with Crippen molar-refractivity contribution in [2.75, 3.05) is 12.3 Å². The molecule has 2 aromatic rings. The first kappa shape index (κ1) is 21.4. The molecule has 132 valence electrons. The normalized spacial score (nSPS) is 28.7. The van der Waals surface area contributed by atoms with Crippen molar-refractivity contribution < 1.29 is 63.4 Å². The molecule has 2 unspecified atom stereocenters. The molecule has 1 aliphatic rings. The van der Waals surface area contributed by atoms with Crippen molar-refractivity contribution in [3.05, 3.63) is 16.1 Å². The van der Waals surface area contributed by atoms with Crippen LogP contribution in [0, 0.1) is 3.57 Å². The molecule has 0 aliphatic carbocycles. The number of nitrogen functional groups attached to an aromatic ring is 1. The van der Waals surface area contributed by atoms with Crippen LogP contribution in [0.5, 0.6) is 0 Å². The maximum Gasteiger partial charge on any atom is 1.00 e. The Morgan fingerprint density at radius 3 is 2.76 bits per heavy atom. The number of aliphatic hydroxyl groups excluding tert-OH is 2. The molecular formula is C11H13IN4NaO7P. The van der Waals surface area contributed by atoms with E-state index >= 15 is 0 Å². The standard InChI is InChI=1S/C11H14IN4O7P.Na/c12-4-1-16(10-6(4)9(13)14-3-15-10)11-8(18)7(17)5(23-11)2-22-24(19,20)21;/h1,3,5,7-8,11,17-18H,2H2,(H2,13,14,15)(H2,19,20,21);/q;+1/p-1/t5-,7?,8+,11-;/m1./s1. The van der Waals surface area contributed by atoms with Crippen LogP contribution in [0.2, 0.25) is 0 Å². The molecule has 1 fully saturated rings. The molecule has 14 heteroatoms. The summed E-state index contributed by atoms with van der Waals surface area (Å²) >= 11 is 2.02. The number of ether oxygens (including phenoxy) is 1. The van der Waals surface area contributed by atoms with Gasteiger partial charge in [0.1, 0.15) is 36.1 Å². The number of aliphatic hydroxyl groups is 2. The Bertz CT molecular complexity index is 817. The minimum atomic E-state index is -4.97. The predicted molar refractivity (Wildman–Crippen MR) is 86.4 cm³/mol. The van der Waals surface area contributed by atoms with Crippen molar-refractivity contribution in [2.45, 2.75) is 24.5 Å². The molecule has 11 nitrogen and oxygen atoms in total. The van der Waals surface area contributed by atoms with E-state index in [1.165, 1.54) is 10.9 Å². The van der Waals surface area contributed by atoms with Gasteiger partial charge in [0.2, 0.25) is 0 Å². The van der Waals surface area contributed by atoms with Crippen molar-refractivity contribution in [1.29, 1.82) is 0 Å². The van der Waals surface area contributed by atoms with Crippen molar-refractivity contribution >= 4 is 47.3 Å². The summed E-state index contributed by atoms with van der Waals surface area (Å²) in [4.78, 5) is 27.3. The van der Waals surface area contributed by atoms with Gasteiger partial charge in [0, 0.05) is 9.77 Å². The van der Waals surface area contributed by atoms with Gasteiger partial charge in [-0.2, -0.15) is 0 Å². The summed E-state index contributed by atoms with van der Waals surface area (Å²) in [6.45, 7) is -0.639. The van der Waals surface area contributed by atoms with Crippen LogP contribution in [0.1, 0.15) is 6.23 Å². The van der Waals surface area contributed by atoms with E-state index in [-0.39, 0.29) is 35.4 Å². The molecule has 3 rings (SSSR count). The van der Waals surface area contributed by atoms with Gasteiger partial charge in [0.05, 0.1) is 12.0 Å². The first-order chi connectivity index (χ1) is 11.2. The summed E-state index contributed by atoms with van der Waals surface area (Å²) < 4.78 is 22.6. The fourth-order valence-corrected chi connectivity index (χ4v) is 3.67. The van der Waals surface area contributed by atoms with Gasteiger partial charge in [-0.05, 0) is 22.6 Å². The van der Waals surface area contributed by atoms with Crippen LogP contribution in [0.25, 0.3) is 11.0 Å². The van der Waals surface area contributed by atoms with E-state index in [1.54, 1.807) is 6.20 Å². The molecule has 0 amide bonds. The second kappa shape index (κ2) is 8.02. The van der Waals surface area contributed by atoms with E-state index in [1.807, 2.05) is 22.6 Å². The Hall–Kier alpha value is 0.140. The number of halogens is 1. The summed E-state index contributed by atoms with van der Waals surface area (Å²) in [5, 5.41) is 20.8. The van der Waals surface area contributed by atoms with E-state index in [0.29, 0.717) is 14.6 Å². The van der Waals surface area contributed by atoms with Crippen LogP contribution in [0.15, 0.2) is 12.5 Å². The average molecular weight is 494 g/mol. The van der Waals surface area contributed by atoms with E-state index in [0.717, 1.165) is 0 Å². The Balaban J connectivity index is 0.00000225. The van der Waals surface area contributed by atoms with Crippen LogP contribution in [-0.4, -0.2) is 54.6 Å². The molecule has 25 heavy (non-hydrogen) atoms. The molecule has 1 saturated heterocycles. The molecule has 0 aromatic carbocycles. The van der Waals surface area contributed by atoms with Gasteiger partial charge in [-0.1, -0.05) is 0 Å². The maximum absolute atomic E-state index is 10.7. The van der Waals surface area contributed by atoms with E-state index in [9.17, 15) is 19.7 Å². The number of hydrogen-bond donors (Lipinski definition) is 4. The molecule has 2 aromatic heterocycles. The Morgan fingerprint density at radius 2 is 2.12 bits per heavy atom. The maximum atomic E-state index is 10.7. The zero-order valence-corrected chi connectivity index (χ0v) is 17.9. The molecule has 0 saturated carbocycles. The monoisotopic (exact) mass is 494 g/mol. The first-order valence-electron chi connectivity index (χ1n) is 6.65. The number of nitrogens with two attached hydrogens (primary N) is 1. The Morgan fingerprint density at radius 1 is 1.44 bits per heavy atom. The largest absolute Gasteiger partial charge is 1.00 e. The van der Waals surface area contributed by atoms with Crippen LogP contribution in [0.3, 0.4) is 0 Å². The quantitative estimate of drug-likeness (QED) is 0.185. The number of aromatic nitrogens is 3. The van der Waals surface area contributed by atoms with Crippen molar-refractivity contribution in [3.8, 4) is 0 Å². The third kappa shape index (κ3) is 4.35. The fraction of sp³-hybridized carbons (Fsp3) is 0.455. The minimum absolute atomic E-state index is 0. The molecule has 5 N–H and O–H groups in total. The molecule has 0 spiro atoms. The van der Waals surface area contributed by atoms with Crippen molar-refractivity contribution in [1.82, 2.24) is 14.5 Å². The van der Waals surface area contributed by atoms with Gasteiger partial charge in [-0.3, -0.25) is 4.57 Å². The molecule has 0 bridgehead atoms. The van der Waals surface area contributed by atoms with Crippen LogP contribution in [0.4, 0.5) is 5.82 Å². The summed E-state index contributed by atoms with van der Waals surface area (Å²) in [6.07, 6.45) is -2.12. The van der Waals surface area contributed by atoms with Gasteiger partial charge < -0.3 is 39.6 Å². The predicted octanol–water partition coefficient (Wildman–Crippen LogP) is -4.28. The van der Waals surface area contributed by atoms with Gasteiger partial charge in [0.15, 0.2) is 6.23 Å². The van der Waals surface area contributed by atoms with E-state index in [4.69, 9.17) is 15.4 Å². The molecule has 1 aliphatic heterocycles. The van der Waals surface area contributed by atoms with E-state index < -0.39 is 39.0 Å². The average Bonchev–Trinajstić information content (AvgIpc) is 2.96. The number of anilines is 1. The van der Waals surface area contributed by atoms with Gasteiger partial charge in [-0.15, -0.1) is 0 Å². The first-order valence-corrected chi connectivity index (χ1v) is 9.23. The summed E-state index contributed by atoms with van der Waals surface area (Å²) in [5.41, 5.74) is 6.21. The zero-order valence-electron chi connectivity index (χ0n) is 12.9. The minimum Gasteiger partial charge on any atom is -0.756 e. The SMILES string of the molecule is Nc1ncnc2c1c(I)cn2[C@@H]1O[C@H](COP(=O)([O-])O)C(O)[C@@H]1O.[Na+]. The number of rotatable bonds is 4. The third-order valence-electron chi connectivity index (χ3n) is 3.61. The second-order valence-electron chi connectivity index (χ2n) is 5.15. The fourth-order valence-electron chi connectivity index (χ4n) is 2.52. The summed E-state index contributed by atoms with van der Waals surface area (Å²) in [5.74, 6) is 0.253. The molecule has 3 heterocycles. The van der Waals surface area contributed by atoms with Gasteiger partial charge >= 0.3 is 29.6 Å². The second-order valence-corrected chi connectivity index (χ2v) is 7.51.